The zero-order valence-electron chi connectivity index (χ0n) is 13.6. The summed E-state index contributed by atoms with van der Waals surface area (Å²) in [4.78, 5) is 0.681. The van der Waals surface area contributed by atoms with Gasteiger partial charge in [0.05, 0.1) is 12.0 Å². The summed E-state index contributed by atoms with van der Waals surface area (Å²) in [6, 6.07) is 25.3. The molecule has 0 aliphatic carbocycles. The lowest BCUT2D eigenvalue weighted by atomic mass is 10.3. The fourth-order valence-corrected chi connectivity index (χ4v) is 5.50. The highest BCUT2D eigenvalue weighted by atomic mass is 32.7. The monoisotopic (exact) mass is 372 g/mol. The molecule has 3 rings (SSSR count). The molecule has 0 fully saturated rings. The quantitative estimate of drug-likeness (QED) is 0.472. The maximum atomic E-state index is 13.5. The average molecular weight is 372 g/mol. The number of rotatable bonds is 7. The third-order valence-electron chi connectivity index (χ3n) is 3.20. The zero-order valence-corrected chi connectivity index (χ0v) is 15.3. The second-order valence-electron chi connectivity index (χ2n) is 5.00. The lowest BCUT2D eigenvalue weighted by molar-refractivity contribution is 0.401. The van der Waals surface area contributed by atoms with E-state index in [1.165, 1.54) is 0 Å². The summed E-state index contributed by atoms with van der Waals surface area (Å²) in [7, 11) is 1.57. The fourth-order valence-electron chi connectivity index (χ4n) is 2.09. The van der Waals surface area contributed by atoms with Gasteiger partial charge in [-0.25, -0.2) is 4.57 Å². The van der Waals surface area contributed by atoms with Gasteiger partial charge in [-0.15, -0.1) is 0 Å². The van der Waals surface area contributed by atoms with Crippen LogP contribution in [0, 0.1) is 0 Å². The Morgan fingerprint density at radius 3 is 1.72 bits per heavy atom. The molecule has 25 heavy (non-hydrogen) atoms. The van der Waals surface area contributed by atoms with E-state index in [9.17, 15) is 4.57 Å². The molecule has 0 aliphatic rings. The van der Waals surface area contributed by atoms with Gasteiger partial charge in [0.1, 0.15) is 17.2 Å². The minimum atomic E-state index is -3.59. The molecule has 0 aromatic heterocycles. The summed E-state index contributed by atoms with van der Waals surface area (Å²) in [5.41, 5.74) is 0. The fraction of sp³-hybridized carbons (Fsp3) is 0.0526. The van der Waals surface area contributed by atoms with Gasteiger partial charge in [-0.2, -0.15) is 0 Å². The van der Waals surface area contributed by atoms with E-state index in [2.05, 4.69) is 0 Å². The van der Waals surface area contributed by atoms with Gasteiger partial charge in [0.15, 0.2) is 0 Å². The second-order valence-corrected chi connectivity index (χ2v) is 8.77. The predicted octanol–water partition coefficient (Wildman–Crippen LogP) is 6.05. The van der Waals surface area contributed by atoms with Crippen molar-refractivity contribution in [1.82, 2.24) is 0 Å². The van der Waals surface area contributed by atoms with E-state index in [-0.39, 0.29) is 0 Å². The van der Waals surface area contributed by atoms with Crippen molar-refractivity contribution in [3.05, 3.63) is 84.9 Å². The first-order chi connectivity index (χ1) is 12.2. The van der Waals surface area contributed by atoms with Gasteiger partial charge in [0, 0.05) is 11.4 Å². The van der Waals surface area contributed by atoms with Crippen LogP contribution in [-0.2, 0) is 4.57 Å². The Labute approximate surface area is 151 Å². The molecule has 128 valence electrons. The zero-order chi connectivity index (χ0) is 17.5. The van der Waals surface area contributed by atoms with Gasteiger partial charge >= 0.3 is 6.80 Å². The minimum Gasteiger partial charge on any atom is -0.496 e. The van der Waals surface area contributed by atoms with Crippen LogP contribution in [0.5, 0.6) is 17.2 Å². The van der Waals surface area contributed by atoms with Gasteiger partial charge in [-0.3, -0.25) is 0 Å². The molecule has 6 heteroatoms. The first-order valence-electron chi connectivity index (χ1n) is 7.60. The molecule has 0 heterocycles. The maximum absolute atomic E-state index is 13.5. The van der Waals surface area contributed by atoms with Gasteiger partial charge in [-0.1, -0.05) is 48.5 Å². The number of hydrogen-bond donors (Lipinski definition) is 0. The van der Waals surface area contributed by atoms with Crippen molar-refractivity contribution in [3.8, 4) is 17.2 Å². The molecule has 0 amide bonds. The molecule has 0 bridgehead atoms. The van der Waals surface area contributed by atoms with Crippen LogP contribution >= 0.6 is 18.2 Å². The van der Waals surface area contributed by atoms with E-state index in [4.69, 9.17) is 13.8 Å². The van der Waals surface area contributed by atoms with Crippen LogP contribution < -0.4 is 13.8 Å². The standard InChI is InChI=1S/C19H17O4PS/c1-21-18-14-8-9-15-19(18)25-24(20,22-16-10-4-2-5-11-16)23-17-12-6-3-7-13-17/h2-15H,1H3. The second kappa shape index (κ2) is 8.15. The number of hydrogen-bond acceptors (Lipinski definition) is 5. The highest BCUT2D eigenvalue weighted by Gasteiger charge is 2.32. The van der Waals surface area contributed by atoms with Gasteiger partial charge in [0.2, 0.25) is 0 Å². The Kier molecular flexibility index (Phi) is 5.69. The Bertz CT molecular complexity index is 810. The lowest BCUT2D eigenvalue weighted by Gasteiger charge is -2.19. The van der Waals surface area contributed by atoms with E-state index in [1.807, 2.05) is 54.6 Å². The van der Waals surface area contributed by atoms with Crippen LogP contribution in [-0.4, -0.2) is 7.11 Å². The summed E-state index contributed by atoms with van der Waals surface area (Å²) in [6.07, 6.45) is 0. The molecule has 4 nitrogen and oxygen atoms in total. The maximum Gasteiger partial charge on any atom is 0.497 e. The van der Waals surface area contributed by atoms with E-state index in [0.29, 0.717) is 22.1 Å². The molecule has 0 unspecified atom stereocenters. The smallest absolute Gasteiger partial charge is 0.496 e. The highest BCUT2D eigenvalue weighted by molar-refractivity contribution is 8.55. The van der Waals surface area contributed by atoms with Crippen LogP contribution in [0.15, 0.2) is 89.8 Å². The lowest BCUT2D eigenvalue weighted by Crippen LogP contribution is -1.98. The Morgan fingerprint density at radius 2 is 1.20 bits per heavy atom. The van der Waals surface area contributed by atoms with Crippen molar-refractivity contribution in [2.45, 2.75) is 4.90 Å². The van der Waals surface area contributed by atoms with Crippen LogP contribution in [0.2, 0.25) is 0 Å². The predicted molar refractivity (Wildman–Crippen MR) is 101 cm³/mol. The molecule has 0 spiro atoms. The van der Waals surface area contributed by atoms with Crippen molar-refractivity contribution >= 4 is 18.2 Å². The van der Waals surface area contributed by atoms with Crippen molar-refractivity contribution < 1.29 is 18.3 Å². The highest BCUT2D eigenvalue weighted by Crippen LogP contribution is 2.63. The minimum absolute atomic E-state index is 0.476. The van der Waals surface area contributed by atoms with Crippen molar-refractivity contribution in [1.29, 1.82) is 0 Å². The molecule has 0 saturated heterocycles. The van der Waals surface area contributed by atoms with Crippen molar-refractivity contribution in [2.75, 3.05) is 7.11 Å². The van der Waals surface area contributed by atoms with E-state index < -0.39 is 6.80 Å². The molecule has 3 aromatic rings. The Balaban J connectivity index is 1.92. The molecule has 0 saturated carbocycles. The van der Waals surface area contributed by atoms with Gasteiger partial charge in [0.25, 0.3) is 0 Å². The van der Waals surface area contributed by atoms with Crippen molar-refractivity contribution in [2.24, 2.45) is 0 Å². The normalized spacial score (nSPS) is 10.9. The summed E-state index contributed by atoms with van der Waals surface area (Å²) >= 11 is 1.02. The third kappa shape index (κ3) is 4.81. The first kappa shape index (κ1) is 17.5. The van der Waals surface area contributed by atoms with Crippen LogP contribution in [0.25, 0.3) is 0 Å². The SMILES string of the molecule is COc1ccccc1SP(=O)(Oc1ccccc1)Oc1ccccc1. The Morgan fingerprint density at radius 1 is 0.720 bits per heavy atom. The van der Waals surface area contributed by atoms with Crippen molar-refractivity contribution in [3.63, 3.8) is 0 Å². The molecule has 0 aliphatic heterocycles. The van der Waals surface area contributed by atoms with Crippen LogP contribution in [0.4, 0.5) is 0 Å². The molecular formula is C19H17O4PS. The number of ether oxygens (including phenoxy) is 1. The third-order valence-corrected chi connectivity index (χ3v) is 6.53. The van der Waals surface area contributed by atoms with Crippen LogP contribution in [0.1, 0.15) is 0 Å². The van der Waals surface area contributed by atoms with Gasteiger partial charge < -0.3 is 13.8 Å². The molecular weight excluding hydrogens is 355 g/mol. The topological polar surface area (TPSA) is 44.8 Å². The summed E-state index contributed by atoms with van der Waals surface area (Å²) in [5, 5.41) is 0. The van der Waals surface area contributed by atoms with E-state index >= 15 is 0 Å². The average Bonchev–Trinajstić information content (AvgIpc) is 2.63. The van der Waals surface area contributed by atoms with E-state index in [0.717, 1.165) is 11.4 Å². The molecule has 0 N–H and O–H groups in total. The number of benzene rings is 3. The van der Waals surface area contributed by atoms with Crippen LogP contribution in [0.3, 0.4) is 0 Å². The molecule has 3 aromatic carbocycles. The molecule has 0 radical (unpaired) electrons. The number of methoxy groups -OCH3 is 1. The largest absolute Gasteiger partial charge is 0.497 e. The van der Waals surface area contributed by atoms with E-state index in [1.54, 1.807) is 37.4 Å². The summed E-state index contributed by atoms with van der Waals surface area (Å²) in [5.74, 6) is 1.56. The number of para-hydroxylation sites is 3. The molecule has 0 atom stereocenters. The Hall–Kier alpha value is -2.36. The summed E-state index contributed by atoms with van der Waals surface area (Å²) in [6.45, 7) is -3.59. The van der Waals surface area contributed by atoms with Gasteiger partial charge in [-0.05, 0) is 36.4 Å². The first-order valence-corrected chi connectivity index (χ1v) is 10.6. The summed E-state index contributed by atoms with van der Waals surface area (Å²) < 4.78 is 30.3.